The minimum atomic E-state index is -1.07. The first-order valence-electron chi connectivity index (χ1n) is 10.7. The highest BCUT2D eigenvalue weighted by molar-refractivity contribution is 5.34. The van der Waals surface area contributed by atoms with Crippen molar-refractivity contribution in [2.45, 2.75) is 57.5 Å². The summed E-state index contributed by atoms with van der Waals surface area (Å²) in [6.45, 7) is 7.92. The van der Waals surface area contributed by atoms with E-state index >= 15 is 0 Å². The molecule has 0 heterocycles. The molecule has 162 valence electrons. The summed E-state index contributed by atoms with van der Waals surface area (Å²) in [7, 11) is 0. The Bertz CT molecular complexity index is 914. The summed E-state index contributed by atoms with van der Waals surface area (Å²) < 4.78 is 0. The monoisotopic (exact) mass is 418 g/mol. The summed E-state index contributed by atoms with van der Waals surface area (Å²) in [6, 6.07) is 28.3. The van der Waals surface area contributed by atoms with Crippen molar-refractivity contribution < 1.29 is 19.6 Å². The number of hydrogen-bond donors (Lipinski definition) is 0. The van der Waals surface area contributed by atoms with Gasteiger partial charge in [-0.1, -0.05) is 84.9 Å². The van der Waals surface area contributed by atoms with Gasteiger partial charge < -0.3 is 0 Å². The van der Waals surface area contributed by atoms with Gasteiger partial charge in [-0.2, -0.15) is 9.78 Å². The minimum Gasteiger partial charge on any atom is -0.223 e. The zero-order valence-electron chi connectivity index (χ0n) is 18.6. The molecule has 0 N–H and O–H groups in total. The molecule has 3 aromatic rings. The molecule has 0 amide bonds. The molecule has 0 unspecified atom stereocenters. The molecule has 1 aliphatic rings. The number of fused-ring (bicyclic) bond motifs is 1. The highest BCUT2D eigenvalue weighted by Crippen LogP contribution is 2.39. The van der Waals surface area contributed by atoms with E-state index in [9.17, 15) is 0 Å². The molecule has 0 aromatic heterocycles. The lowest BCUT2D eigenvalue weighted by Gasteiger charge is -2.34. The van der Waals surface area contributed by atoms with Crippen molar-refractivity contribution in [2.75, 3.05) is 0 Å². The fraction of sp³-hybridized carbons (Fsp3) is 0.333. The highest BCUT2D eigenvalue weighted by atomic mass is 17.3. The molecule has 4 nitrogen and oxygen atoms in total. The first-order chi connectivity index (χ1) is 14.8. The summed E-state index contributed by atoms with van der Waals surface area (Å²) in [5.74, 6) is -1.07. The van der Waals surface area contributed by atoms with Gasteiger partial charge in [-0.15, -0.1) is 0 Å². The van der Waals surface area contributed by atoms with Crippen LogP contribution in [0.25, 0.3) is 0 Å². The van der Waals surface area contributed by atoms with Crippen LogP contribution in [0.15, 0.2) is 84.9 Å². The fourth-order valence-electron chi connectivity index (χ4n) is 3.81. The van der Waals surface area contributed by atoms with Crippen LogP contribution in [0, 0.1) is 0 Å². The lowest BCUT2D eigenvalue weighted by Crippen LogP contribution is -2.42. The fourth-order valence-corrected chi connectivity index (χ4v) is 3.81. The van der Waals surface area contributed by atoms with Gasteiger partial charge in [0.15, 0.2) is 0 Å². The Labute approximate surface area is 184 Å². The lowest BCUT2D eigenvalue weighted by atomic mass is 9.99. The van der Waals surface area contributed by atoms with Gasteiger partial charge in [-0.25, -0.2) is 9.78 Å². The number of hydrogen-bond acceptors (Lipinski definition) is 4. The summed E-state index contributed by atoms with van der Waals surface area (Å²) in [5, 5.41) is 0. The molecule has 0 bridgehead atoms. The molecule has 4 heteroatoms. The molecule has 0 fully saturated rings. The second-order valence-electron chi connectivity index (χ2n) is 9.12. The minimum absolute atomic E-state index is 0.541. The maximum atomic E-state index is 6.08. The van der Waals surface area contributed by atoms with Crippen LogP contribution < -0.4 is 0 Å². The molecule has 0 aliphatic heterocycles. The van der Waals surface area contributed by atoms with Crippen LogP contribution in [0.2, 0.25) is 0 Å². The SMILES string of the molecule is CC(C)(OOC1(OOC(C)(C)c2ccccc2)Cc2ccccc2C1)c1ccccc1. The van der Waals surface area contributed by atoms with Crippen molar-refractivity contribution >= 4 is 0 Å². The third-order valence-electron chi connectivity index (χ3n) is 5.78. The second kappa shape index (κ2) is 8.56. The van der Waals surface area contributed by atoms with Crippen molar-refractivity contribution in [3.05, 3.63) is 107 Å². The van der Waals surface area contributed by atoms with Crippen LogP contribution in [-0.4, -0.2) is 5.79 Å². The topological polar surface area (TPSA) is 36.9 Å². The Hall–Kier alpha value is -2.50. The summed E-state index contributed by atoms with van der Waals surface area (Å²) in [5.41, 5.74) is 3.08. The molecule has 4 rings (SSSR count). The van der Waals surface area contributed by atoms with E-state index in [1.54, 1.807) is 0 Å². The van der Waals surface area contributed by atoms with E-state index < -0.39 is 17.0 Å². The van der Waals surface area contributed by atoms with Crippen molar-refractivity contribution in [2.24, 2.45) is 0 Å². The highest BCUT2D eigenvalue weighted by Gasteiger charge is 2.45. The molecule has 31 heavy (non-hydrogen) atoms. The van der Waals surface area contributed by atoms with Gasteiger partial charge in [0.1, 0.15) is 11.2 Å². The van der Waals surface area contributed by atoms with Gasteiger partial charge in [0, 0.05) is 12.8 Å². The molecule has 1 aliphatic carbocycles. The number of benzene rings is 3. The Morgan fingerprint density at radius 1 is 0.548 bits per heavy atom. The lowest BCUT2D eigenvalue weighted by molar-refractivity contribution is -0.544. The van der Waals surface area contributed by atoms with Gasteiger partial charge >= 0.3 is 0 Å². The molecule has 0 spiro atoms. The van der Waals surface area contributed by atoms with Crippen molar-refractivity contribution in [1.82, 2.24) is 0 Å². The Morgan fingerprint density at radius 3 is 1.29 bits per heavy atom. The average Bonchev–Trinajstić information content (AvgIpc) is 3.17. The van der Waals surface area contributed by atoms with Crippen LogP contribution in [0.3, 0.4) is 0 Å². The average molecular weight is 419 g/mol. The zero-order valence-corrected chi connectivity index (χ0v) is 18.6. The molecule has 0 atom stereocenters. The molecule has 3 aromatic carbocycles. The summed E-state index contributed by atoms with van der Waals surface area (Å²) in [6.07, 6.45) is 1.08. The molecule has 0 saturated carbocycles. The summed E-state index contributed by atoms with van der Waals surface area (Å²) in [4.78, 5) is 24.2. The normalized spacial score (nSPS) is 15.6. The van der Waals surface area contributed by atoms with Gasteiger partial charge in [0.05, 0.1) is 0 Å². The molecule has 0 radical (unpaired) electrons. The maximum absolute atomic E-state index is 6.08. The van der Waals surface area contributed by atoms with Crippen LogP contribution >= 0.6 is 0 Å². The smallest absolute Gasteiger partial charge is 0.223 e. The summed E-state index contributed by atoms with van der Waals surface area (Å²) >= 11 is 0. The van der Waals surface area contributed by atoms with Crippen molar-refractivity contribution in [3.8, 4) is 0 Å². The third kappa shape index (κ3) is 4.89. The van der Waals surface area contributed by atoms with E-state index in [0.717, 1.165) is 11.1 Å². The van der Waals surface area contributed by atoms with Crippen LogP contribution in [0.5, 0.6) is 0 Å². The van der Waals surface area contributed by atoms with Gasteiger partial charge in [0.25, 0.3) is 0 Å². The Morgan fingerprint density at radius 2 is 0.903 bits per heavy atom. The number of rotatable bonds is 8. The van der Waals surface area contributed by atoms with E-state index in [-0.39, 0.29) is 0 Å². The standard InChI is InChI=1S/C27H30O4/c1-25(2,23-15-7-5-8-16-23)28-30-27(19-21-13-11-12-14-22(21)20-27)31-29-26(3,4)24-17-9-6-10-18-24/h5-18H,19-20H2,1-4H3. The largest absolute Gasteiger partial charge is 0.242 e. The Balaban J connectivity index is 1.54. The third-order valence-corrected chi connectivity index (χ3v) is 5.78. The predicted molar refractivity (Wildman–Crippen MR) is 120 cm³/mol. The van der Waals surface area contributed by atoms with Gasteiger partial charge in [-0.05, 0) is 49.9 Å². The second-order valence-corrected chi connectivity index (χ2v) is 9.12. The van der Waals surface area contributed by atoms with Crippen LogP contribution in [0.1, 0.15) is 49.9 Å². The zero-order chi connectivity index (χ0) is 22.0. The van der Waals surface area contributed by atoms with Crippen LogP contribution in [-0.2, 0) is 43.6 Å². The molecular weight excluding hydrogens is 388 g/mol. The van der Waals surface area contributed by atoms with E-state index in [4.69, 9.17) is 19.6 Å². The van der Waals surface area contributed by atoms with Crippen molar-refractivity contribution in [3.63, 3.8) is 0 Å². The van der Waals surface area contributed by atoms with E-state index in [1.807, 2.05) is 100 Å². The van der Waals surface area contributed by atoms with E-state index in [0.29, 0.717) is 12.8 Å². The Kier molecular flexibility index (Phi) is 6.00. The maximum Gasteiger partial charge on any atom is 0.242 e. The molecule has 0 saturated heterocycles. The van der Waals surface area contributed by atoms with Gasteiger partial charge in [0.2, 0.25) is 5.79 Å². The first-order valence-corrected chi connectivity index (χ1v) is 10.7. The van der Waals surface area contributed by atoms with Crippen LogP contribution in [0.4, 0.5) is 0 Å². The first kappa shape index (κ1) is 21.7. The van der Waals surface area contributed by atoms with Crippen molar-refractivity contribution in [1.29, 1.82) is 0 Å². The van der Waals surface area contributed by atoms with Gasteiger partial charge in [-0.3, -0.25) is 0 Å². The van der Waals surface area contributed by atoms with E-state index in [1.165, 1.54) is 11.1 Å². The quantitative estimate of drug-likeness (QED) is 0.246. The molecular formula is C27H30O4. The predicted octanol–water partition coefficient (Wildman–Crippen LogP) is 6.25. The van der Waals surface area contributed by atoms with E-state index in [2.05, 4.69) is 12.1 Å².